The fourth-order valence-corrected chi connectivity index (χ4v) is 4.26. The van der Waals surface area contributed by atoms with E-state index >= 15 is 0 Å². The van der Waals surface area contributed by atoms with Gasteiger partial charge < -0.3 is 4.90 Å². The molecule has 1 aromatic rings. The number of sulfonamides is 1. The van der Waals surface area contributed by atoms with E-state index < -0.39 is 10.0 Å². The van der Waals surface area contributed by atoms with Gasteiger partial charge in [-0.3, -0.25) is 9.78 Å². The summed E-state index contributed by atoms with van der Waals surface area (Å²) in [6, 6.07) is 3.47. The van der Waals surface area contributed by atoms with E-state index in [2.05, 4.69) is 9.71 Å². The molecule has 114 valence electrons. The van der Waals surface area contributed by atoms with E-state index in [9.17, 15) is 13.2 Å². The zero-order chi connectivity index (χ0) is 15.1. The Bertz CT molecular complexity index is 639. The van der Waals surface area contributed by atoms with Gasteiger partial charge in [0.2, 0.25) is 10.0 Å². The Morgan fingerprint density at radius 2 is 2.05 bits per heavy atom. The first kappa shape index (κ1) is 14.5. The topological polar surface area (TPSA) is 79.4 Å². The zero-order valence-corrected chi connectivity index (χ0v) is 12.8. The third-order valence-corrected chi connectivity index (χ3v) is 5.15. The quantitative estimate of drug-likeness (QED) is 0.888. The summed E-state index contributed by atoms with van der Waals surface area (Å²) in [6.45, 7) is 1.46. The number of nitrogens with one attached hydrogen (secondary N) is 1. The number of pyridine rings is 1. The second kappa shape index (κ2) is 5.06. The maximum absolute atomic E-state index is 12.4. The molecule has 1 saturated heterocycles. The molecule has 2 heterocycles. The van der Waals surface area contributed by atoms with Crippen LogP contribution < -0.4 is 4.72 Å². The van der Waals surface area contributed by atoms with Crippen molar-refractivity contribution >= 4 is 15.9 Å². The summed E-state index contributed by atoms with van der Waals surface area (Å²) in [4.78, 5) is 18.2. The fourth-order valence-electron chi connectivity index (χ4n) is 3.49. The van der Waals surface area contributed by atoms with E-state index in [1.165, 1.54) is 6.26 Å². The average molecular weight is 309 g/mol. The third kappa shape index (κ3) is 3.08. The second-order valence-electron chi connectivity index (χ2n) is 6.21. The van der Waals surface area contributed by atoms with E-state index in [4.69, 9.17) is 0 Å². The van der Waals surface area contributed by atoms with Crippen molar-refractivity contribution in [2.75, 3.05) is 19.3 Å². The van der Waals surface area contributed by atoms with Gasteiger partial charge in [0.15, 0.2) is 0 Å². The molecule has 2 fully saturated rings. The van der Waals surface area contributed by atoms with Crippen LogP contribution in [0.4, 0.5) is 0 Å². The third-order valence-electron chi connectivity index (χ3n) is 4.39. The molecule has 7 heteroatoms. The van der Waals surface area contributed by atoms with Crippen LogP contribution in [0.3, 0.4) is 0 Å². The number of amides is 1. The van der Waals surface area contributed by atoms with Crippen LogP contribution in [0.25, 0.3) is 0 Å². The summed E-state index contributed by atoms with van der Waals surface area (Å²) in [5.74, 6) is 0.0359. The number of rotatable bonds is 3. The molecule has 0 bridgehead atoms. The Kier molecular flexibility index (Phi) is 3.49. The molecule has 0 radical (unpaired) electrons. The van der Waals surface area contributed by atoms with Gasteiger partial charge in [-0.2, -0.15) is 0 Å². The van der Waals surface area contributed by atoms with Crippen LogP contribution in [0.5, 0.6) is 0 Å². The minimum absolute atomic E-state index is 0.0241. The highest BCUT2D eigenvalue weighted by Gasteiger charge is 2.50. The Labute approximate surface area is 124 Å². The van der Waals surface area contributed by atoms with Crippen molar-refractivity contribution in [1.82, 2.24) is 14.6 Å². The lowest BCUT2D eigenvalue weighted by Gasteiger charge is -2.45. The van der Waals surface area contributed by atoms with Crippen molar-refractivity contribution in [2.24, 2.45) is 5.41 Å². The highest BCUT2D eigenvalue weighted by atomic mass is 32.2. The summed E-state index contributed by atoms with van der Waals surface area (Å²) in [7, 11) is -3.14. The molecule has 1 spiro atoms. The number of aromatic nitrogens is 1. The summed E-state index contributed by atoms with van der Waals surface area (Å²) in [5.41, 5.74) is 0.762. The van der Waals surface area contributed by atoms with Crippen molar-refractivity contribution in [3.8, 4) is 0 Å². The molecular weight excluding hydrogens is 290 g/mol. The number of nitrogens with zero attached hydrogens (tertiary/aromatic N) is 2. The van der Waals surface area contributed by atoms with Gasteiger partial charge in [-0.1, -0.05) is 0 Å². The van der Waals surface area contributed by atoms with Gasteiger partial charge in [-0.25, -0.2) is 13.1 Å². The largest absolute Gasteiger partial charge is 0.338 e. The van der Waals surface area contributed by atoms with Gasteiger partial charge in [0.25, 0.3) is 5.91 Å². The summed E-state index contributed by atoms with van der Waals surface area (Å²) < 4.78 is 25.1. The number of likely N-dealkylation sites (tertiary alicyclic amines) is 1. The van der Waals surface area contributed by atoms with E-state index in [0.717, 1.165) is 32.4 Å². The van der Waals surface area contributed by atoms with Crippen molar-refractivity contribution in [3.63, 3.8) is 0 Å². The highest BCUT2D eigenvalue weighted by molar-refractivity contribution is 7.88. The molecular formula is C14H19N3O3S. The Morgan fingerprint density at radius 3 is 2.67 bits per heavy atom. The fraction of sp³-hybridized carbons (Fsp3) is 0.571. The molecule has 1 aromatic heterocycles. The van der Waals surface area contributed by atoms with Crippen LogP contribution in [0.15, 0.2) is 24.5 Å². The van der Waals surface area contributed by atoms with Crippen LogP contribution in [0.1, 0.15) is 29.6 Å². The molecule has 3 rings (SSSR count). The van der Waals surface area contributed by atoms with Crippen LogP contribution in [0, 0.1) is 5.41 Å². The standard InChI is InChI=1S/C14H19N3O3S/c1-21(19,20)16-12-8-14(9-12)4-7-17(10-14)13(18)11-2-5-15-6-3-11/h2-3,5-6,12,16H,4,7-10H2,1H3. The van der Waals surface area contributed by atoms with Gasteiger partial charge in [-0.15, -0.1) is 0 Å². The first-order chi connectivity index (χ1) is 9.87. The van der Waals surface area contributed by atoms with Crippen molar-refractivity contribution in [1.29, 1.82) is 0 Å². The molecule has 1 aliphatic heterocycles. The highest BCUT2D eigenvalue weighted by Crippen LogP contribution is 2.48. The zero-order valence-electron chi connectivity index (χ0n) is 11.9. The Morgan fingerprint density at radius 1 is 1.38 bits per heavy atom. The Balaban J connectivity index is 1.59. The number of carbonyl (C=O) groups is 1. The lowest BCUT2D eigenvalue weighted by atomic mass is 9.65. The number of carbonyl (C=O) groups excluding carboxylic acids is 1. The summed E-state index contributed by atoms with van der Waals surface area (Å²) in [5, 5.41) is 0. The lowest BCUT2D eigenvalue weighted by molar-refractivity contribution is 0.0688. The molecule has 0 unspecified atom stereocenters. The normalized spacial score (nSPS) is 28.6. The maximum atomic E-state index is 12.4. The van der Waals surface area contributed by atoms with Crippen LogP contribution in [-0.2, 0) is 10.0 Å². The summed E-state index contributed by atoms with van der Waals surface area (Å²) in [6.07, 6.45) is 7.01. The van der Waals surface area contributed by atoms with Gasteiger partial charge in [0.1, 0.15) is 0 Å². The van der Waals surface area contributed by atoms with Gasteiger partial charge in [0.05, 0.1) is 6.26 Å². The van der Waals surface area contributed by atoms with Crippen LogP contribution >= 0.6 is 0 Å². The Hall–Kier alpha value is -1.47. The van der Waals surface area contributed by atoms with E-state index in [0.29, 0.717) is 5.56 Å². The lowest BCUT2D eigenvalue weighted by Crippen LogP contribution is -2.51. The molecule has 6 nitrogen and oxygen atoms in total. The SMILES string of the molecule is CS(=O)(=O)NC1CC2(CCN(C(=O)c3ccncc3)C2)C1. The van der Waals surface area contributed by atoms with E-state index in [1.54, 1.807) is 24.5 Å². The number of hydrogen-bond donors (Lipinski definition) is 1. The average Bonchev–Trinajstić information content (AvgIpc) is 2.82. The molecule has 1 amide bonds. The van der Waals surface area contributed by atoms with E-state index in [1.807, 2.05) is 4.90 Å². The van der Waals surface area contributed by atoms with Crippen molar-refractivity contribution < 1.29 is 13.2 Å². The first-order valence-electron chi connectivity index (χ1n) is 7.04. The molecule has 0 atom stereocenters. The second-order valence-corrected chi connectivity index (χ2v) is 7.99. The predicted octanol–water partition coefficient (Wildman–Crippen LogP) is 0.625. The van der Waals surface area contributed by atoms with Gasteiger partial charge in [-0.05, 0) is 36.8 Å². The molecule has 1 aliphatic carbocycles. The molecule has 1 N–H and O–H groups in total. The van der Waals surface area contributed by atoms with Gasteiger partial charge in [0, 0.05) is 37.1 Å². The molecule has 0 aromatic carbocycles. The predicted molar refractivity (Wildman–Crippen MR) is 78.2 cm³/mol. The first-order valence-corrected chi connectivity index (χ1v) is 8.93. The van der Waals surface area contributed by atoms with Gasteiger partial charge >= 0.3 is 0 Å². The molecule has 21 heavy (non-hydrogen) atoms. The molecule has 2 aliphatic rings. The van der Waals surface area contributed by atoms with Crippen molar-refractivity contribution in [2.45, 2.75) is 25.3 Å². The van der Waals surface area contributed by atoms with Crippen LogP contribution in [0.2, 0.25) is 0 Å². The monoisotopic (exact) mass is 309 g/mol. The van der Waals surface area contributed by atoms with Crippen molar-refractivity contribution in [3.05, 3.63) is 30.1 Å². The van der Waals surface area contributed by atoms with Crippen LogP contribution in [-0.4, -0.2) is 49.6 Å². The minimum atomic E-state index is -3.14. The maximum Gasteiger partial charge on any atom is 0.253 e. The number of hydrogen-bond acceptors (Lipinski definition) is 4. The minimum Gasteiger partial charge on any atom is -0.338 e. The molecule has 1 saturated carbocycles. The summed E-state index contributed by atoms with van der Waals surface area (Å²) >= 11 is 0. The smallest absolute Gasteiger partial charge is 0.253 e. The van der Waals surface area contributed by atoms with E-state index in [-0.39, 0.29) is 17.4 Å².